The first-order valence-electron chi connectivity index (χ1n) is 7.66. The van der Waals surface area contributed by atoms with Crippen molar-refractivity contribution >= 4 is 31.9 Å². The number of hydrogen-bond donors (Lipinski definition) is 1. The van der Waals surface area contributed by atoms with Crippen LogP contribution in [0.4, 0.5) is 0 Å². The van der Waals surface area contributed by atoms with E-state index in [9.17, 15) is 0 Å². The van der Waals surface area contributed by atoms with E-state index in [1.54, 1.807) is 0 Å². The van der Waals surface area contributed by atoms with Crippen LogP contribution in [0.1, 0.15) is 32.8 Å². The monoisotopic (exact) mass is 420 g/mol. The van der Waals surface area contributed by atoms with Gasteiger partial charge in [-0.3, -0.25) is 0 Å². The van der Waals surface area contributed by atoms with Crippen LogP contribution >= 0.6 is 31.9 Å². The molecule has 1 aromatic carbocycles. The number of likely N-dealkylation sites (N-methyl/N-ethyl adjacent to an activating group) is 1. The Bertz CT molecular complexity index is 400. The summed E-state index contributed by atoms with van der Waals surface area (Å²) in [5.74, 6) is 0.892. The summed E-state index contributed by atoms with van der Waals surface area (Å²) >= 11 is 7.18. The number of nitrogens with one attached hydrogen (secondary N) is 1. The highest BCUT2D eigenvalue weighted by Crippen LogP contribution is 2.34. The molecule has 5 heteroatoms. The zero-order valence-corrected chi connectivity index (χ0v) is 16.4. The van der Waals surface area contributed by atoms with Crippen molar-refractivity contribution in [3.8, 4) is 5.75 Å². The van der Waals surface area contributed by atoms with Gasteiger partial charge in [-0.2, -0.15) is 0 Å². The summed E-state index contributed by atoms with van der Waals surface area (Å²) in [6, 6.07) is 4.25. The number of hydrogen-bond acceptors (Lipinski definition) is 3. The van der Waals surface area contributed by atoms with Crippen molar-refractivity contribution in [3.63, 3.8) is 0 Å². The van der Waals surface area contributed by atoms with Gasteiger partial charge in [-0.25, -0.2) is 0 Å². The Morgan fingerprint density at radius 3 is 2.24 bits per heavy atom. The summed E-state index contributed by atoms with van der Waals surface area (Å²) in [6.07, 6.45) is 1.01. The summed E-state index contributed by atoms with van der Waals surface area (Å²) in [7, 11) is 0. The average Bonchev–Trinajstić information content (AvgIpc) is 2.47. The smallest absolute Gasteiger partial charge is 0.147 e. The maximum Gasteiger partial charge on any atom is 0.147 e. The summed E-state index contributed by atoms with van der Waals surface area (Å²) < 4.78 is 7.75. The van der Waals surface area contributed by atoms with E-state index in [0.29, 0.717) is 0 Å². The second kappa shape index (κ2) is 10.6. The summed E-state index contributed by atoms with van der Waals surface area (Å²) in [5, 5.41) is 3.49. The molecule has 0 spiro atoms. The maximum absolute atomic E-state index is 5.74. The van der Waals surface area contributed by atoms with Gasteiger partial charge < -0.3 is 15.0 Å². The van der Waals surface area contributed by atoms with E-state index < -0.39 is 0 Å². The number of rotatable bonds is 10. The summed E-state index contributed by atoms with van der Waals surface area (Å²) in [4.78, 5) is 2.42. The molecule has 0 aliphatic rings. The van der Waals surface area contributed by atoms with Crippen LogP contribution in [0.3, 0.4) is 0 Å². The molecular formula is C16H26Br2N2O. The lowest BCUT2D eigenvalue weighted by molar-refractivity contribution is 0.302. The fraction of sp³-hybridized carbons (Fsp3) is 0.625. The highest BCUT2D eigenvalue weighted by Gasteiger charge is 2.08. The molecule has 1 N–H and O–H groups in total. The molecule has 0 unspecified atom stereocenters. The molecule has 21 heavy (non-hydrogen) atoms. The van der Waals surface area contributed by atoms with Crippen molar-refractivity contribution in [1.82, 2.24) is 10.2 Å². The predicted molar refractivity (Wildman–Crippen MR) is 97.1 cm³/mol. The van der Waals surface area contributed by atoms with Gasteiger partial charge in [0, 0.05) is 19.6 Å². The fourth-order valence-electron chi connectivity index (χ4n) is 2.07. The first-order chi connectivity index (χ1) is 10.1. The number of nitrogens with zero attached hydrogens (tertiary/aromatic N) is 1. The van der Waals surface area contributed by atoms with E-state index in [4.69, 9.17) is 4.74 Å². The Labute approximate surface area is 145 Å². The van der Waals surface area contributed by atoms with Gasteiger partial charge in [-0.15, -0.1) is 0 Å². The molecule has 0 bridgehead atoms. The average molecular weight is 422 g/mol. The first kappa shape index (κ1) is 18.9. The zero-order valence-electron chi connectivity index (χ0n) is 13.2. The van der Waals surface area contributed by atoms with Gasteiger partial charge in [0.15, 0.2) is 0 Å². The van der Waals surface area contributed by atoms with Crippen LogP contribution in [0.25, 0.3) is 0 Å². The zero-order chi connectivity index (χ0) is 15.7. The Morgan fingerprint density at radius 2 is 1.71 bits per heavy atom. The van der Waals surface area contributed by atoms with Crippen LogP contribution in [-0.4, -0.2) is 37.7 Å². The van der Waals surface area contributed by atoms with Crippen molar-refractivity contribution in [2.75, 3.05) is 32.8 Å². The Balaban J connectivity index is 2.49. The van der Waals surface area contributed by atoms with Gasteiger partial charge in [-0.05, 0) is 69.1 Å². The summed E-state index contributed by atoms with van der Waals surface area (Å²) in [6.45, 7) is 12.4. The van der Waals surface area contributed by atoms with Gasteiger partial charge >= 0.3 is 0 Å². The van der Waals surface area contributed by atoms with Crippen LogP contribution < -0.4 is 10.1 Å². The molecule has 0 amide bonds. The van der Waals surface area contributed by atoms with Crippen LogP contribution in [0.2, 0.25) is 0 Å². The largest absolute Gasteiger partial charge is 0.491 e. The van der Waals surface area contributed by atoms with E-state index >= 15 is 0 Å². The van der Waals surface area contributed by atoms with Gasteiger partial charge in [-0.1, -0.05) is 20.8 Å². The SMILES string of the molecule is CCCOc1c(Br)cc(CNCCN(CC)CC)cc1Br. The molecule has 0 aliphatic carbocycles. The molecule has 0 fully saturated rings. The second-order valence-corrected chi connectivity index (χ2v) is 6.65. The molecule has 0 radical (unpaired) electrons. The molecule has 0 aliphatic heterocycles. The first-order valence-corrected chi connectivity index (χ1v) is 9.24. The maximum atomic E-state index is 5.74. The van der Waals surface area contributed by atoms with E-state index in [0.717, 1.165) is 60.4 Å². The Morgan fingerprint density at radius 1 is 1.10 bits per heavy atom. The van der Waals surface area contributed by atoms with Crippen molar-refractivity contribution < 1.29 is 4.74 Å². The topological polar surface area (TPSA) is 24.5 Å². The van der Waals surface area contributed by atoms with Crippen molar-refractivity contribution in [1.29, 1.82) is 0 Å². The van der Waals surface area contributed by atoms with Crippen molar-refractivity contribution in [2.24, 2.45) is 0 Å². The van der Waals surface area contributed by atoms with Crippen molar-refractivity contribution in [2.45, 2.75) is 33.7 Å². The molecule has 0 saturated heterocycles. The second-order valence-electron chi connectivity index (χ2n) is 4.94. The highest BCUT2D eigenvalue weighted by atomic mass is 79.9. The molecule has 3 nitrogen and oxygen atoms in total. The lowest BCUT2D eigenvalue weighted by atomic mass is 10.2. The minimum absolute atomic E-state index is 0.735. The lowest BCUT2D eigenvalue weighted by Crippen LogP contribution is -2.31. The molecule has 1 rings (SSSR count). The van der Waals surface area contributed by atoms with Gasteiger partial charge in [0.1, 0.15) is 5.75 Å². The molecule has 1 aromatic rings. The van der Waals surface area contributed by atoms with E-state index in [2.05, 4.69) is 75.0 Å². The molecule has 0 aromatic heterocycles. The van der Waals surface area contributed by atoms with Gasteiger partial charge in [0.05, 0.1) is 15.6 Å². The summed E-state index contributed by atoms with van der Waals surface area (Å²) in [5.41, 5.74) is 1.25. The molecule has 0 atom stereocenters. The fourth-order valence-corrected chi connectivity index (χ4v) is 3.58. The standard InChI is InChI=1S/C16H26Br2N2O/c1-4-9-21-16-14(17)10-13(11-15(16)18)12-19-7-8-20(5-2)6-3/h10-11,19H,4-9,12H2,1-3H3. The molecule has 120 valence electrons. The number of benzene rings is 1. The number of ether oxygens (including phenoxy) is 1. The van der Waals surface area contributed by atoms with E-state index in [1.807, 2.05) is 0 Å². The third-order valence-corrected chi connectivity index (χ3v) is 4.52. The van der Waals surface area contributed by atoms with Gasteiger partial charge in [0.2, 0.25) is 0 Å². The van der Waals surface area contributed by atoms with Crippen molar-refractivity contribution in [3.05, 3.63) is 26.6 Å². The quantitative estimate of drug-likeness (QED) is 0.565. The van der Waals surface area contributed by atoms with Gasteiger partial charge in [0.25, 0.3) is 0 Å². The van der Waals surface area contributed by atoms with E-state index in [1.165, 1.54) is 5.56 Å². The molecular weight excluding hydrogens is 396 g/mol. The van der Waals surface area contributed by atoms with Crippen LogP contribution in [0.15, 0.2) is 21.1 Å². The van der Waals surface area contributed by atoms with Crippen LogP contribution in [-0.2, 0) is 6.54 Å². The third kappa shape index (κ3) is 6.68. The minimum atomic E-state index is 0.735. The molecule has 0 heterocycles. The number of halogens is 2. The Kier molecular flexibility index (Phi) is 9.56. The predicted octanol–water partition coefficient (Wildman–Crippen LogP) is 4.43. The third-order valence-electron chi connectivity index (χ3n) is 3.34. The van der Waals surface area contributed by atoms with Crippen LogP contribution in [0, 0.1) is 0 Å². The highest BCUT2D eigenvalue weighted by molar-refractivity contribution is 9.11. The van der Waals surface area contributed by atoms with E-state index in [-0.39, 0.29) is 0 Å². The van der Waals surface area contributed by atoms with Crippen LogP contribution in [0.5, 0.6) is 5.75 Å². The lowest BCUT2D eigenvalue weighted by Gasteiger charge is -2.18. The Hall–Kier alpha value is -0.100. The normalized spacial score (nSPS) is 11.1. The minimum Gasteiger partial charge on any atom is -0.491 e. The molecule has 0 saturated carbocycles.